The van der Waals surface area contributed by atoms with Gasteiger partial charge < -0.3 is 19.3 Å². The first kappa shape index (κ1) is 17.3. The van der Waals surface area contributed by atoms with E-state index in [9.17, 15) is 4.79 Å². The van der Waals surface area contributed by atoms with Gasteiger partial charge in [0.25, 0.3) is 0 Å². The molecule has 0 N–H and O–H groups in total. The van der Waals surface area contributed by atoms with E-state index in [2.05, 4.69) is 14.9 Å². The second kappa shape index (κ2) is 8.07. The molecule has 0 aliphatic carbocycles. The molecule has 2 aliphatic rings. The molecule has 7 nitrogen and oxygen atoms in total. The first-order valence-electron chi connectivity index (χ1n) is 9.18. The van der Waals surface area contributed by atoms with Gasteiger partial charge in [-0.25, -0.2) is 9.97 Å². The number of nitrogens with zero attached hydrogens (tertiary/aromatic N) is 4. The molecule has 1 aromatic carbocycles. The Balaban J connectivity index is 1.35. The third-order valence-corrected chi connectivity index (χ3v) is 4.62. The maximum Gasteiger partial charge on any atom is 0.246 e. The normalized spacial score (nSPS) is 17.0. The fraction of sp³-hybridized carbons (Fsp3) is 0.350. The minimum atomic E-state index is 0.00995. The number of carbonyl (C=O) groups excluding carboxylic acids is 1. The highest BCUT2D eigenvalue weighted by atomic mass is 16.5. The Bertz CT molecular complexity index is 817. The van der Waals surface area contributed by atoms with Crippen LogP contribution in [0.1, 0.15) is 12.0 Å². The van der Waals surface area contributed by atoms with E-state index in [0.29, 0.717) is 32.3 Å². The van der Waals surface area contributed by atoms with Gasteiger partial charge in [0.05, 0.1) is 13.2 Å². The summed E-state index contributed by atoms with van der Waals surface area (Å²) < 4.78 is 11.3. The highest BCUT2D eigenvalue weighted by molar-refractivity contribution is 5.92. The summed E-state index contributed by atoms with van der Waals surface area (Å²) in [6, 6.07) is 7.54. The van der Waals surface area contributed by atoms with Crippen molar-refractivity contribution < 1.29 is 14.3 Å². The predicted octanol–water partition coefficient (Wildman–Crippen LogP) is 2.00. The van der Waals surface area contributed by atoms with Crippen molar-refractivity contribution in [2.45, 2.75) is 6.42 Å². The van der Waals surface area contributed by atoms with Gasteiger partial charge >= 0.3 is 0 Å². The average Bonchev–Trinajstić information content (AvgIpc) is 2.98. The number of rotatable bonds is 3. The summed E-state index contributed by atoms with van der Waals surface area (Å²) in [5.74, 6) is 2.22. The van der Waals surface area contributed by atoms with Gasteiger partial charge in [-0.3, -0.25) is 4.79 Å². The number of anilines is 1. The summed E-state index contributed by atoms with van der Waals surface area (Å²) in [6.45, 7) is 4.08. The largest absolute Gasteiger partial charge is 0.490 e. The van der Waals surface area contributed by atoms with E-state index in [0.717, 1.165) is 36.6 Å². The number of hydrogen-bond donors (Lipinski definition) is 0. The number of benzene rings is 1. The lowest BCUT2D eigenvalue weighted by molar-refractivity contribution is -0.126. The Morgan fingerprint density at radius 3 is 2.52 bits per heavy atom. The number of aromatic nitrogens is 2. The molecule has 0 spiro atoms. The van der Waals surface area contributed by atoms with Crippen LogP contribution in [0.4, 0.5) is 5.95 Å². The molecule has 1 saturated heterocycles. The van der Waals surface area contributed by atoms with Crippen LogP contribution in [-0.2, 0) is 4.79 Å². The van der Waals surface area contributed by atoms with Crippen molar-refractivity contribution in [1.29, 1.82) is 0 Å². The second-order valence-electron chi connectivity index (χ2n) is 6.45. The van der Waals surface area contributed by atoms with Gasteiger partial charge in [-0.1, -0.05) is 6.07 Å². The number of carbonyl (C=O) groups is 1. The molecule has 2 aromatic rings. The minimum Gasteiger partial charge on any atom is -0.490 e. The van der Waals surface area contributed by atoms with Crippen molar-refractivity contribution in [3.63, 3.8) is 0 Å². The van der Waals surface area contributed by atoms with E-state index in [1.165, 1.54) is 0 Å². The van der Waals surface area contributed by atoms with Crippen molar-refractivity contribution in [2.75, 3.05) is 44.3 Å². The Labute approximate surface area is 158 Å². The molecule has 1 fully saturated rings. The first-order chi connectivity index (χ1) is 13.3. The van der Waals surface area contributed by atoms with Gasteiger partial charge in [-0.05, 0) is 29.8 Å². The van der Waals surface area contributed by atoms with Crippen LogP contribution in [0, 0.1) is 0 Å². The van der Waals surface area contributed by atoms with Gasteiger partial charge in [-0.2, -0.15) is 0 Å². The lowest BCUT2D eigenvalue weighted by atomic mass is 10.2. The molecule has 0 bridgehead atoms. The molecule has 3 heterocycles. The molecule has 7 heteroatoms. The highest BCUT2D eigenvalue weighted by Gasteiger charge is 2.21. The molecular formula is C20H22N4O3. The van der Waals surface area contributed by atoms with Gasteiger partial charge in [0.15, 0.2) is 11.5 Å². The number of amides is 1. The van der Waals surface area contributed by atoms with Crippen molar-refractivity contribution >= 4 is 17.9 Å². The Hall–Kier alpha value is -3.09. The van der Waals surface area contributed by atoms with E-state index in [1.54, 1.807) is 24.5 Å². The second-order valence-corrected chi connectivity index (χ2v) is 6.45. The zero-order valence-corrected chi connectivity index (χ0v) is 15.1. The van der Waals surface area contributed by atoms with E-state index < -0.39 is 0 Å². The van der Waals surface area contributed by atoms with Crippen LogP contribution in [0.5, 0.6) is 11.5 Å². The molecule has 27 heavy (non-hydrogen) atoms. The van der Waals surface area contributed by atoms with Crippen LogP contribution in [0.15, 0.2) is 42.7 Å². The number of fused-ring (bicyclic) bond motifs is 1. The zero-order valence-electron chi connectivity index (χ0n) is 15.1. The van der Waals surface area contributed by atoms with Crippen molar-refractivity contribution in [3.8, 4) is 11.5 Å². The maximum absolute atomic E-state index is 12.5. The van der Waals surface area contributed by atoms with Crippen LogP contribution in [-0.4, -0.2) is 60.2 Å². The maximum atomic E-state index is 12.5. The topological polar surface area (TPSA) is 67.8 Å². The van der Waals surface area contributed by atoms with Gasteiger partial charge in [0.2, 0.25) is 11.9 Å². The summed E-state index contributed by atoms with van der Waals surface area (Å²) in [5.41, 5.74) is 0.920. The molecule has 0 radical (unpaired) electrons. The van der Waals surface area contributed by atoms with E-state index in [1.807, 2.05) is 29.2 Å². The Kier molecular flexibility index (Phi) is 5.18. The molecule has 0 unspecified atom stereocenters. The number of hydrogen-bond acceptors (Lipinski definition) is 6. The zero-order chi connectivity index (χ0) is 18.5. The van der Waals surface area contributed by atoms with Crippen LogP contribution < -0.4 is 14.4 Å². The number of piperazine rings is 1. The smallest absolute Gasteiger partial charge is 0.246 e. The van der Waals surface area contributed by atoms with Crippen LogP contribution in [0.25, 0.3) is 6.08 Å². The van der Waals surface area contributed by atoms with Crippen LogP contribution in [0.3, 0.4) is 0 Å². The summed E-state index contributed by atoms with van der Waals surface area (Å²) in [7, 11) is 0. The molecule has 1 aromatic heterocycles. The monoisotopic (exact) mass is 366 g/mol. The van der Waals surface area contributed by atoms with E-state index >= 15 is 0 Å². The van der Waals surface area contributed by atoms with E-state index in [-0.39, 0.29) is 5.91 Å². The van der Waals surface area contributed by atoms with Crippen molar-refractivity contribution in [3.05, 3.63) is 48.3 Å². The summed E-state index contributed by atoms with van der Waals surface area (Å²) in [4.78, 5) is 25.0. The van der Waals surface area contributed by atoms with Gasteiger partial charge in [-0.15, -0.1) is 0 Å². The third-order valence-electron chi connectivity index (χ3n) is 4.62. The summed E-state index contributed by atoms with van der Waals surface area (Å²) in [6.07, 6.45) is 7.78. The average molecular weight is 366 g/mol. The fourth-order valence-corrected chi connectivity index (χ4v) is 3.14. The molecule has 0 saturated carbocycles. The highest BCUT2D eigenvalue weighted by Crippen LogP contribution is 2.30. The molecular weight excluding hydrogens is 344 g/mol. The van der Waals surface area contributed by atoms with Crippen molar-refractivity contribution in [1.82, 2.24) is 14.9 Å². The summed E-state index contributed by atoms with van der Waals surface area (Å²) in [5, 5.41) is 0. The fourth-order valence-electron chi connectivity index (χ4n) is 3.14. The third kappa shape index (κ3) is 4.19. The minimum absolute atomic E-state index is 0.00995. The van der Waals surface area contributed by atoms with E-state index in [4.69, 9.17) is 9.47 Å². The van der Waals surface area contributed by atoms with Gasteiger partial charge in [0.1, 0.15) is 0 Å². The van der Waals surface area contributed by atoms with Crippen molar-refractivity contribution in [2.24, 2.45) is 0 Å². The van der Waals surface area contributed by atoms with Gasteiger partial charge in [0, 0.05) is 51.1 Å². The molecule has 2 aliphatic heterocycles. The number of ether oxygens (including phenoxy) is 2. The molecule has 4 rings (SSSR count). The molecule has 140 valence electrons. The Morgan fingerprint density at radius 1 is 1.00 bits per heavy atom. The Morgan fingerprint density at radius 2 is 1.74 bits per heavy atom. The predicted molar refractivity (Wildman–Crippen MR) is 102 cm³/mol. The summed E-state index contributed by atoms with van der Waals surface area (Å²) >= 11 is 0. The first-order valence-corrected chi connectivity index (χ1v) is 9.18. The standard InChI is InChI=1S/C20H22N4O3/c25-19(23-9-11-24(12-10-23)20-21-7-1-8-22-20)6-4-16-3-5-17-18(15-16)27-14-2-13-26-17/h1,3-8,15H,2,9-14H2. The molecule has 0 atom stereocenters. The quantitative estimate of drug-likeness (QED) is 0.774. The molecule has 1 amide bonds. The van der Waals surface area contributed by atoms with Crippen LogP contribution in [0.2, 0.25) is 0 Å². The lowest BCUT2D eigenvalue weighted by Crippen LogP contribution is -2.48. The van der Waals surface area contributed by atoms with Crippen LogP contribution >= 0.6 is 0 Å². The lowest BCUT2D eigenvalue weighted by Gasteiger charge is -2.34. The SMILES string of the molecule is O=C(C=Cc1ccc2c(c1)OCCCO2)N1CCN(c2ncccn2)CC1.